The van der Waals surface area contributed by atoms with E-state index in [0.29, 0.717) is 10.3 Å². The second kappa shape index (κ2) is 5.97. The number of halogens is 5. The maximum Gasteiger partial charge on any atom is 0.431 e. The first-order valence-electron chi connectivity index (χ1n) is 6.52. The fourth-order valence-electron chi connectivity index (χ4n) is 2.16. The number of benzene rings is 1. The van der Waals surface area contributed by atoms with Crippen molar-refractivity contribution in [2.45, 2.75) is 6.18 Å². The lowest BCUT2D eigenvalue weighted by Gasteiger charge is -2.18. The summed E-state index contributed by atoms with van der Waals surface area (Å²) in [4.78, 5) is 25.7. The molecule has 0 saturated carbocycles. The van der Waals surface area contributed by atoms with E-state index in [2.05, 4.69) is 0 Å². The minimum Gasteiger partial charge on any atom is -0.376 e. The van der Waals surface area contributed by atoms with E-state index in [1.807, 2.05) is 0 Å². The van der Waals surface area contributed by atoms with Crippen LogP contribution >= 0.6 is 11.6 Å². The van der Waals surface area contributed by atoms with Crippen LogP contribution in [0.4, 0.5) is 23.2 Å². The molecule has 0 aliphatic carbocycles. The molecule has 1 aromatic heterocycles. The fraction of sp³-hybridized carbons (Fsp3) is 0.286. The lowest BCUT2D eigenvalue weighted by molar-refractivity contribution is -0.144. The summed E-state index contributed by atoms with van der Waals surface area (Å²) >= 11 is 5.88. The number of hydrogen-bond acceptors (Lipinski definition) is 3. The topological polar surface area (TPSA) is 47.2 Å². The number of hydrogen-bond donors (Lipinski definition) is 0. The molecule has 130 valence electrons. The Labute approximate surface area is 138 Å². The summed E-state index contributed by atoms with van der Waals surface area (Å²) in [6.45, 7) is 0. The molecule has 0 saturated heterocycles. The Bertz CT molecular complexity index is 916. The molecule has 0 N–H and O–H groups in total. The average Bonchev–Trinajstić information content (AvgIpc) is 2.43. The molecule has 2 rings (SSSR count). The molecule has 0 radical (unpaired) electrons. The molecule has 0 amide bonds. The first-order valence-corrected chi connectivity index (χ1v) is 6.90. The van der Waals surface area contributed by atoms with Crippen molar-refractivity contribution in [3.63, 3.8) is 0 Å². The molecule has 2 aromatic rings. The number of rotatable bonds is 2. The van der Waals surface area contributed by atoms with Crippen LogP contribution in [0.3, 0.4) is 0 Å². The summed E-state index contributed by atoms with van der Waals surface area (Å²) in [5.41, 5.74) is -4.22. The van der Waals surface area contributed by atoms with Gasteiger partial charge in [0, 0.05) is 27.2 Å². The summed E-state index contributed by atoms with van der Waals surface area (Å²) in [5.74, 6) is -1.01. The minimum absolute atomic E-state index is 0.0260. The molecule has 5 nitrogen and oxygen atoms in total. The monoisotopic (exact) mass is 365 g/mol. The summed E-state index contributed by atoms with van der Waals surface area (Å²) in [6.07, 6.45) is -4.89. The van der Waals surface area contributed by atoms with Crippen LogP contribution in [0.2, 0.25) is 5.02 Å². The molecule has 1 aromatic carbocycles. The molecule has 0 bridgehead atoms. The first-order chi connectivity index (χ1) is 10.9. The van der Waals surface area contributed by atoms with E-state index >= 15 is 0 Å². The largest absolute Gasteiger partial charge is 0.431 e. The van der Waals surface area contributed by atoms with E-state index < -0.39 is 34.6 Å². The molecule has 0 fully saturated rings. The normalized spacial score (nSPS) is 11.7. The third-order valence-electron chi connectivity index (χ3n) is 3.35. The Kier molecular flexibility index (Phi) is 4.49. The number of aromatic nitrogens is 2. The highest BCUT2D eigenvalue weighted by molar-refractivity contribution is 6.33. The molecule has 0 unspecified atom stereocenters. The lowest BCUT2D eigenvalue weighted by atomic mass is 10.2. The van der Waals surface area contributed by atoms with Crippen molar-refractivity contribution in [1.29, 1.82) is 0 Å². The smallest absolute Gasteiger partial charge is 0.376 e. The molecular formula is C14H12ClF4N3O2. The van der Waals surface area contributed by atoms with Crippen LogP contribution in [0.5, 0.6) is 0 Å². The van der Waals surface area contributed by atoms with Crippen LogP contribution in [0.15, 0.2) is 27.8 Å². The Morgan fingerprint density at radius 2 is 1.71 bits per heavy atom. The van der Waals surface area contributed by atoms with Gasteiger partial charge in [0.05, 0.1) is 16.4 Å². The Hall–Kier alpha value is -2.29. The van der Waals surface area contributed by atoms with Gasteiger partial charge in [-0.25, -0.2) is 13.8 Å². The second-order valence-corrected chi connectivity index (χ2v) is 5.60. The zero-order valence-corrected chi connectivity index (χ0v) is 13.5. The second-order valence-electron chi connectivity index (χ2n) is 5.19. The van der Waals surface area contributed by atoms with Gasteiger partial charge in [0.15, 0.2) is 0 Å². The molecule has 10 heteroatoms. The molecule has 0 aliphatic rings. The van der Waals surface area contributed by atoms with Crippen LogP contribution in [0, 0.1) is 5.82 Å². The highest BCUT2D eigenvalue weighted by Gasteiger charge is 2.35. The predicted octanol–water partition coefficient (Wildman–Crippen LogP) is 2.41. The van der Waals surface area contributed by atoms with Gasteiger partial charge in [0.2, 0.25) is 0 Å². The van der Waals surface area contributed by atoms with E-state index in [9.17, 15) is 27.2 Å². The van der Waals surface area contributed by atoms with Crippen molar-refractivity contribution in [3.8, 4) is 5.69 Å². The van der Waals surface area contributed by atoms with Crippen molar-refractivity contribution in [3.05, 3.63) is 55.6 Å². The first kappa shape index (κ1) is 18.1. The zero-order valence-electron chi connectivity index (χ0n) is 12.8. The van der Waals surface area contributed by atoms with E-state index in [-0.39, 0.29) is 15.7 Å². The number of anilines is 1. The van der Waals surface area contributed by atoms with Gasteiger partial charge >= 0.3 is 11.9 Å². The Morgan fingerprint density at radius 3 is 2.21 bits per heavy atom. The van der Waals surface area contributed by atoms with E-state index in [0.717, 1.165) is 19.2 Å². The van der Waals surface area contributed by atoms with Gasteiger partial charge in [-0.2, -0.15) is 13.2 Å². The van der Waals surface area contributed by atoms with Crippen LogP contribution in [0.1, 0.15) is 5.69 Å². The highest BCUT2D eigenvalue weighted by atomic mass is 35.5. The van der Waals surface area contributed by atoms with E-state index in [1.165, 1.54) is 4.90 Å². The van der Waals surface area contributed by atoms with Gasteiger partial charge in [-0.15, -0.1) is 0 Å². The summed E-state index contributed by atoms with van der Waals surface area (Å²) in [7, 11) is 4.04. The van der Waals surface area contributed by atoms with Crippen molar-refractivity contribution in [2.24, 2.45) is 7.05 Å². The molecule has 0 atom stereocenters. The summed E-state index contributed by atoms with van der Waals surface area (Å²) < 4.78 is 53.3. The molecule has 0 aliphatic heterocycles. The maximum atomic E-state index is 14.2. The molecular weight excluding hydrogens is 354 g/mol. The van der Waals surface area contributed by atoms with Crippen molar-refractivity contribution >= 4 is 17.3 Å². The zero-order chi connectivity index (χ0) is 18.4. The van der Waals surface area contributed by atoms with E-state index in [1.54, 1.807) is 14.1 Å². The number of nitrogens with zero attached hydrogens (tertiary/aromatic N) is 3. The summed E-state index contributed by atoms with van der Waals surface area (Å²) in [5, 5.41) is 0.0260. The van der Waals surface area contributed by atoms with Crippen molar-refractivity contribution in [2.75, 3.05) is 19.0 Å². The van der Waals surface area contributed by atoms with Crippen LogP contribution in [0.25, 0.3) is 5.69 Å². The summed E-state index contributed by atoms with van der Waals surface area (Å²) in [6, 6.07) is 2.24. The fourth-order valence-corrected chi connectivity index (χ4v) is 2.48. The third-order valence-corrected chi connectivity index (χ3v) is 3.65. The van der Waals surface area contributed by atoms with Crippen LogP contribution in [-0.4, -0.2) is 23.2 Å². The van der Waals surface area contributed by atoms with Crippen LogP contribution < -0.4 is 16.1 Å². The quantitative estimate of drug-likeness (QED) is 0.768. The Morgan fingerprint density at radius 1 is 1.12 bits per heavy atom. The lowest BCUT2D eigenvalue weighted by Crippen LogP contribution is -2.41. The minimum atomic E-state index is -4.89. The van der Waals surface area contributed by atoms with Gasteiger partial charge in [-0.3, -0.25) is 9.36 Å². The van der Waals surface area contributed by atoms with Crippen molar-refractivity contribution in [1.82, 2.24) is 9.13 Å². The van der Waals surface area contributed by atoms with Gasteiger partial charge in [0.25, 0.3) is 5.56 Å². The van der Waals surface area contributed by atoms with Gasteiger partial charge in [0.1, 0.15) is 11.5 Å². The molecule has 1 heterocycles. The maximum absolute atomic E-state index is 14.2. The third kappa shape index (κ3) is 3.03. The van der Waals surface area contributed by atoms with Crippen LogP contribution in [-0.2, 0) is 13.2 Å². The standard InChI is InChI=1S/C14H12ClF4N3O2/c1-20(2)9-5-10(8(16)4-7(9)15)22-12(23)6-11(14(17,18)19)21(3)13(22)24/h4-6H,1-3H3. The Balaban J connectivity index is 2.85. The molecule has 0 spiro atoms. The van der Waals surface area contributed by atoms with Gasteiger partial charge in [-0.05, 0) is 12.1 Å². The molecule has 24 heavy (non-hydrogen) atoms. The van der Waals surface area contributed by atoms with E-state index in [4.69, 9.17) is 11.6 Å². The van der Waals surface area contributed by atoms with Gasteiger partial charge in [-0.1, -0.05) is 11.6 Å². The predicted molar refractivity (Wildman–Crippen MR) is 81.6 cm³/mol. The highest BCUT2D eigenvalue weighted by Crippen LogP contribution is 2.29. The number of alkyl halides is 3. The SMILES string of the molecule is CN(C)c1cc(-n2c(=O)cc(C(F)(F)F)n(C)c2=O)c(F)cc1Cl. The van der Waals surface area contributed by atoms with Gasteiger partial charge < -0.3 is 4.90 Å². The van der Waals surface area contributed by atoms with Crippen molar-refractivity contribution < 1.29 is 17.6 Å². The average molecular weight is 366 g/mol.